The van der Waals surface area contributed by atoms with Gasteiger partial charge in [-0.3, -0.25) is 9.59 Å². The van der Waals surface area contributed by atoms with E-state index in [0.717, 1.165) is 12.8 Å². The molecule has 2 rings (SSSR count). The highest BCUT2D eigenvalue weighted by Gasteiger charge is 2.50. The Morgan fingerprint density at radius 3 is 2.40 bits per heavy atom. The maximum Gasteiger partial charge on any atom is 0.311 e. The van der Waals surface area contributed by atoms with Crippen LogP contribution in [0.25, 0.3) is 0 Å². The normalized spacial score (nSPS) is 34.6. The number of rotatable bonds is 1. The van der Waals surface area contributed by atoms with Crippen LogP contribution in [0.5, 0.6) is 0 Å². The van der Waals surface area contributed by atoms with Crippen molar-refractivity contribution in [2.24, 2.45) is 17.3 Å². The molecule has 3 nitrogen and oxygen atoms in total. The van der Waals surface area contributed by atoms with Crippen LogP contribution in [-0.2, 0) is 14.3 Å². The quantitative estimate of drug-likeness (QED) is 0.621. The molecule has 0 heterocycles. The fourth-order valence-electron chi connectivity index (χ4n) is 2.31. The first-order chi connectivity index (χ1) is 6.89. The molecular weight excluding hydrogens is 192 g/mol. The largest absolute Gasteiger partial charge is 0.461 e. The van der Waals surface area contributed by atoms with Gasteiger partial charge in [0.05, 0.1) is 5.41 Å². The standard InChI is InChI=1S/C12H18O3/c1-12(2,3)11(14)15-10-6-9(13)7-4-5-8(7)10/h7-8,10H,4-6H2,1-3H3/t7-,8+,10+/m1/s1. The van der Waals surface area contributed by atoms with Crippen molar-refractivity contribution in [3.8, 4) is 0 Å². The Morgan fingerprint density at radius 2 is 2.00 bits per heavy atom. The van der Waals surface area contributed by atoms with Gasteiger partial charge in [-0.25, -0.2) is 0 Å². The molecule has 2 saturated carbocycles. The highest BCUT2D eigenvalue weighted by molar-refractivity contribution is 5.86. The second-order valence-corrected chi connectivity index (χ2v) is 5.71. The Balaban J connectivity index is 1.97. The molecule has 0 aromatic rings. The molecule has 0 radical (unpaired) electrons. The zero-order valence-electron chi connectivity index (χ0n) is 9.58. The number of carbonyl (C=O) groups excluding carboxylic acids is 2. The molecule has 0 aromatic carbocycles. The minimum Gasteiger partial charge on any atom is -0.461 e. The Morgan fingerprint density at radius 1 is 1.33 bits per heavy atom. The molecule has 0 aromatic heterocycles. The first kappa shape index (κ1) is 10.7. The predicted octanol–water partition coefficient (Wildman–Crippen LogP) is 1.94. The lowest BCUT2D eigenvalue weighted by atomic mass is 9.75. The fourth-order valence-corrected chi connectivity index (χ4v) is 2.31. The summed E-state index contributed by atoms with van der Waals surface area (Å²) >= 11 is 0. The molecule has 3 atom stereocenters. The van der Waals surface area contributed by atoms with E-state index in [9.17, 15) is 9.59 Å². The second kappa shape index (κ2) is 3.32. The first-order valence-corrected chi connectivity index (χ1v) is 5.63. The number of fused-ring (bicyclic) bond motifs is 1. The van der Waals surface area contributed by atoms with Crippen molar-refractivity contribution in [2.45, 2.75) is 46.1 Å². The Labute approximate surface area is 90.2 Å². The molecule has 2 fully saturated rings. The SMILES string of the molecule is CC(C)(C)C(=O)O[C@H]1CC(=O)[C@@H]2CC[C@H]12. The van der Waals surface area contributed by atoms with Gasteiger partial charge in [-0.2, -0.15) is 0 Å². The summed E-state index contributed by atoms with van der Waals surface area (Å²) in [6.45, 7) is 5.51. The number of ether oxygens (including phenoxy) is 1. The van der Waals surface area contributed by atoms with Crippen molar-refractivity contribution in [1.29, 1.82) is 0 Å². The van der Waals surface area contributed by atoms with Gasteiger partial charge >= 0.3 is 5.97 Å². The molecule has 15 heavy (non-hydrogen) atoms. The summed E-state index contributed by atoms with van der Waals surface area (Å²) in [5.41, 5.74) is -0.467. The number of hydrogen-bond acceptors (Lipinski definition) is 3. The van der Waals surface area contributed by atoms with Gasteiger partial charge in [-0.1, -0.05) is 0 Å². The van der Waals surface area contributed by atoms with Crippen molar-refractivity contribution in [3.63, 3.8) is 0 Å². The number of carbonyl (C=O) groups is 2. The van der Waals surface area contributed by atoms with Gasteiger partial charge in [-0.05, 0) is 33.6 Å². The van der Waals surface area contributed by atoms with Crippen LogP contribution in [0.2, 0.25) is 0 Å². The molecule has 3 heteroatoms. The highest BCUT2D eigenvalue weighted by atomic mass is 16.5. The minimum atomic E-state index is -0.467. The molecule has 0 spiro atoms. The summed E-state index contributed by atoms with van der Waals surface area (Å²) in [5.74, 6) is 0.623. The van der Waals surface area contributed by atoms with E-state index in [1.807, 2.05) is 20.8 Å². The van der Waals surface area contributed by atoms with Crippen LogP contribution in [0.1, 0.15) is 40.0 Å². The maximum atomic E-state index is 11.7. The monoisotopic (exact) mass is 210 g/mol. The Kier molecular flexibility index (Phi) is 2.36. The van der Waals surface area contributed by atoms with Crippen LogP contribution in [-0.4, -0.2) is 17.9 Å². The van der Waals surface area contributed by atoms with Gasteiger partial charge in [-0.15, -0.1) is 0 Å². The lowest BCUT2D eigenvalue weighted by Crippen LogP contribution is -2.35. The molecular formula is C12H18O3. The predicted molar refractivity (Wildman–Crippen MR) is 55.2 cm³/mol. The van der Waals surface area contributed by atoms with Crippen molar-refractivity contribution in [2.75, 3.05) is 0 Å². The average Bonchev–Trinajstić information content (AvgIpc) is 2.17. The molecule has 0 aliphatic heterocycles. The van der Waals surface area contributed by atoms with Crippen LogP contribution in [0.4, 0.5) is 0 Å². The third-order valence-electron chi connectivity index (χ3n) is 3.49. The number of Topliss-reactive ketones (excluding diaryl/α,β-unsaturated/α-hetero) is 1. The van der Waals surface area contributed by atoms with Gasteiger partial charge < -0.3 is 4.74 Å². The zero-order chi connectivity index (χ0) is 11.2. The summed E-state index contributed by atoms with van der Waals surface area (Å²) in [6, 6.07) is 0. The number of hydrogen-bond donors (Lipinski definition) is 0. The maximum absolute atomic E-state index is 11.7. The van der Waals surface area contributed by atoms with E-state index in [4.69, 9.17) is 4.74 Å². The van der Waals surface area contributed by atoms with E-state index < -0.39 is 5.41 Å². The van der Waals surface area contributed by atoms with Crippen molar-refractivity contribution >= 4 is 11.8 Å². The Hall–Kier alpha value is -0.860. The molecule has 0 saturated heterocycles. The van der Waals surface area contributed by atoms with E-state index in [1.54, 1.807) is 0 Å². The summed E-state index contributed by atoms with van der Waals surface area (Å²) in [5, 5.41) is 0. The summed E-state index contributed by atoms with van der Waals surface area (Å²) in [6.07, 6.45) is 2.34. The lowest BCUT2D eigenvalue weighted by molar-refractivity contribution is -0.162. The van der Waals surface area contributed by atoms with E-state index in [-0.39, 0.29) is 23.8 Å². The Bertz CT molecular complexity index is 300. The smallest absolute Gasteiger partial charge is 0.311 e. The zero-order valence-corrected chi connectivity index (χ0v) is 9.58. The van der Waals surface area contributed by atoms with E-state index in [0.29, 0.717) is 12.3 Å². The highest BCUT2D eigenvalue weighted by Crippen LogP contribution is 2.46. The molecule has 0 amide bonds. The molecule has 2 aliphatic rings. The topological polar surface area (TPSA) is 43.4 Å². The van der Waals surface area contributed by atoms with E-state index in [2.05, 4.69) is 0 Å². The summed E-state index contributed by atoms with van der Waals surface area (Å²) < 4.78 is 5.42. The van der Waals surface area contributed by atoms with Crippen LogP contribution < -0.4 is 0 Å². The van der Waals surface area contributed by atoms with Crippen LogP contribution in [0, 0.1) is 17.3 Å². The van der Waals surface area contributed by atoms with Crippen LogP contribution in [0.15, 0.2) is 0 Å². The molecule has 2 aliphatic carbocycles. The third-order valence-corrected chi connectivity index (χ3v) is 3.49. The van der Waals surface area contributed by atoms with E-state index in [1.165, 1.54) is 0 Å². The minimum absolute atomic E-state index is 0.136. The van der Waals surface area contributed by atoms with E-state index >= 15 is 0 Å². The van der Waals surface area contributed by atoms with Crippen molar-refractivity contribution < 1.29 is 14.3 Å². The van der Waals surface area contributed by atoms with Gasteiger partial charge in [0.2, 0.25) is 0 Å². The van der Waals surface area contributed by atoms with Gasteiger partial charge in [0.15, 0.2) is 0 Å². The number of ketones is 1. The lowest BCUT2D eigenvalue weighted by Gasteiger charge is -2.33. The molecule has 0 unspecified atom stereocenters. The summed E-state index contributed by atoms with van der Waals surface area (Å²) in [7, 11) is 0. The fraction of sp³-hybridized carbons (Fsp3) is 0.833. The molecule has 0 N–H and O–H groups in total. The second-order valence-electron chi connectivity index (χ2n) is 5.71. The molecule has 0 bridgehead atoms. The van der Waals surface area contributed by atoms with Gasteiger partial charge in [0.25, 0.3) is 0 Å². The number of esters is 1. The van der Waals surface area contributed by atoms with Gasteiger partial charge in [0.1, 0.15) is 11.9 Å². The van der Waals surface area contributed by atoms with Gasteiger partial charge in [0, 0.05) is 18.3 Å². The van der Waals surface area contributed by atoms with Crippen LogP contribution in [0.3, 0.4) is 0 Å². The van der Waals surface area contributed by atoms with Crippen molar-refractivity contribution in [1.82, 2.24) is 0 Å². The van der Waals surface area contributed by atoms with Crippen LogP contribution >= 0.6 is 0 Å². The average molecular weight is 210 g/mol. The first-order valence-electron chi connectivity index (χ1n) is 5.63. The third kappa shape index (κ3) is 1.80. The molecule has 84 valence electrons. The summed E-state index contributed by atoms with van der Waals surface area (Å²) in [4.78, 5) is 23.2. The van der Waals surface area contributed by atoms with Crippen molar-refractivity contribution in [3.05, 3.63) is 0 Å².